The average molecular weight is 1050 g/mol. The first-order valence-corrected chi connectivity index (χ1v) is 28.4. The molecule has 0 amide bonds. The fraction of sp³-hybridized carbons (Fsp3) is 0.304. The van der Waals surface area contributed by atoms with Gasteiger partial charge in [-0.2, -0.15) is 0 Å². The lowest BCUT2D eigenvalue weighted by Gasteiger charge is -2.36. The summed E-state index contributed by atoms with van der Waals surface area (Å²) in [6.45, 7) is 6.40. The Kier molecular flexibility index (Phi) is 30.4. The van der Waals surface area contributed by atoms with Crippen molar-refractivity contribution in [3.63, 3.8) is 0 Å². The van der Waals surface area contributed by atoms with Crippen LogP contribution in [0.1, 0.15) is 0 Å². The molecule has 6 rings (SSSR count). The highest BCUT2D eigenvalue weighted by molar-refractivity contribution is 8.55. The van der Waals surface area contributed by atoms with Crippen LogP contribution in [0.4, 0.5) is 0 Å². The van der Waals surface area contributed by atoms with Gasteiger partial charge in [-0.1, -0.05) is 34.9 Å². The van der Waals surface area contributed by atoms with Crippen LogP contribution in [0.15, 0.2) is 147 Å². The summed E-state index contributed by atoms with van der Waals surface area (Å²) in [5, 5.41) is 1.04. The molecular formula is C46H58N4O12P2S4. The Bertz CT molecular complexity index is 1990. The van der Waals surface area contributed by atoms with Gasteiger partial charge in [0.05, 0.1) is 67.1 Å². The standard InChI is InChI=1S/2C16H20N2O4.2C7H9O2PS2/c2*1-3-15(13-17-5-1)21-11-9-19-7-8-20-10-12-22-16-4-2-6-18-14-16;2*1-9-6-2-4-7(5-3-6)10(8,11)12/h2*1-6,13-14H,7-12H2;2*2-5H,1H3,(H2,8,11,12). The van der Waals surface area contributed by atoms with Crippen LogP contribution in [0.25, 0.3) is 0 Å². The number of ether oxygens (including phenoxy) is 10. The van der Waals surface area contributed by atoms with Crippen molar-refractivity contribution in [1.82, 2.24) is 0 Å². The molecule has 0 spiro atoms. The van der Waals surface area contributed by atoms with Gasteiger partial charge in [-0.3, -0.25) is 0 Å². The number of aromatic nitrogens is 4. The number of hydrogen-bond acceptors (Lipinski definition) is 16. The number of rotatable bonds is 26. The summed E-state index contributed by atoms with van der Waals surface area (Å²) in [6.07, 6.45) is 14.5. The lowest BCUT2D eigenvalue weighted by Crippen LogP contribution is -2.14. The molecule has 16 nitrogen and oxygen atoms in total. The molecule has 0 radical (unpaired) electrons. The number of H-pyrrole nitrogens is 4. The molecule has 368 valence electrons. The van der Waals surface area contributed by atoms with E-state index in [1.165, 1.54) is 0 Å². The molecule has 4 heterocycles. The molecule has 4 aromatic heterocycles. The number of pyridine rings is 4. The van der Waals surface area contributed by atoms with Gasteiger partial charge in [0.1, 0.15) is 37.9 Å². The van der Waals surface area contributed by atoms with Gasteiger partial charge >= 0.3 is 0 Å². The molecule has 2 aromatic carbocycles. The van der Waals surface area contributed by atoms with E-state index in [2.05, 4.69) is 68.0 Å². The zero-order valence-electron chi connectivity index (χ0n) is 37.8. The maximum Gasteiger partial charge on any atom is 0.209 e. The first-order chi connectivity index (χ1) is 33.0. The number of benzene rings is 2. The minimum atomic E-state index is -2.94. The predicted octanol–water partition coefficient (Wildman–Crippen LogP) is 2.69. The molecule has 2 atom stereocenters. The Morgan fingerprint density at radius 2 is 0.618 bits per heavy atom. The minimum absolute atomic E-state index is 0.519. The summed E-state index contributed by atoms with van der Waals surface area (Å²) in [5.41, 5.74) is -5.87. The monoisotopic (exact) mass is 1050 g/mol. The van der Waals surface area contributed by atoms with Gasteiger partial charge in [-0.15, -0.1) is 23.6 Å². The van der Waals surface area contributed by atoms with E-state index < -0.39 is 10.9 Å². The van der Waals surface area contributed by atoms with Crippen LogP contribution < -0.4 is 68.8 Å². The summed E-state index contributed by atoms with van der Waals surface area (Å²) >= 11 is 18.6. The predicted molar refractivity (Wildman–Crippen MR) is 266 cm³/mol. The summed E-state index contributed by atoms with van der Waals surface area (Å²) in [6, 6.07) is 28.5. The first-order valence-electron chi connectivity index (χ1n) is 21.0. The molecule has 0 aliphatic rings. The molecule has 6 aromatic rings. The zero-order chi connectivity index (χ0) is 49.0. The van der Waals surface area contributed by atoms with E-state index in [1.807, 2.05) is 73.3 Å². The molecular weight excluding hydrogens is 991 g/mol. The normalized spacial score (nSPS) is 12.1. The van der Waals surface area contributed by atoms with Crippen molar-refractivity contribution in [2.45, 2.75) is 0 Å². The topological polar surface area (TPSA) is 195 Å². The number of hydrogen-bond donors (Lipinski definition) is 0. The van der Waals surface area contributed by atoms with E-state index >= 15 is 0 Å². The van der Waals surface area contributed by atoms with Crippen LogP contribution in [0.3, 0.4) is 0 Å². The largest absolute Gasteiger partial charge is 0.835 e. The second kappa shape index (κ2) is 35.7. The second-order valence-electron chi connectivity index (χ2n) is 13.2. The highest BCUT2D eigenvalue weighted by Crippen LogP contribution is 2.32. The Hall–Kier alpha value is -4.40. The van der Waals surface area contributed by atoms with Gasteiger partial charge in [0, 0.05) is 24.3 Å². The zero-order valence-corrected chi connectivity index (χ0v) is 42.8. The van der Waals surface area contributed by atoms with E-state index in [9.17, 15) is 9.79 Å². The third kappa shape index (κ3) is 28.2. The van der Waals surface area contributed by atoms with Crippen LogP contribution in [0.2, 0.25) is 0 Å². The Labute approximate surface area is 419 Å². The SMILES string of the molecule is COc1ccc(P([O-])(=S)[S-])cc1.COc1ccc(P([O-])(=S)[S-])cc1.c1c[nH+]cc(OCCOCCOCCOc2ccc[nH+]c2)c1.c1c[nH+]cc(OCCOCCOCCOc2ccc[nH+]c2)c1. The van der Waals surface area contributed by atoms with Gasteiger partial charge in [0.25, 0.3) is 0 Å². The highest BCUT2D eigenvalue weighted by Gasteiger charge is 2.00. The molecule has 0 bridgehead atoms. The Morgan fingerprint density at radius 3 is 0.809 bits per heavy atom. The highest BCUT2D eigenvalue weighted by atomic mass is 32.9. The number of nitrogens with one attached hydrogen (secondary N) is 4. The van der Waals surface area contributed by atoms with Gasteiger partial charge in [-0.05, 0) is 48.5 Å². The van der Waals surface area contributed by atoms with Crippen molar-refractivity contribution in [1.29, 1.82) is 0 Å². The number of aromatic amines is 4. The van der Waals surface area contributed by atoms with Gasteiger partial charge in [-0.25, -0.2) is 30.9 Å². The number of methoxy groups -OCH3 is 2. The van der Waals surface area contributed by atoms with Crippen LogP contribution in [-0.4, -0.2) is 93.5 Å². The van der Waals surface area contributed by atoms with Crippen LogP contribution in [-0.2, 0) is 67.1 Å². The van der Waals surface area contributed by atoms with Crippen LogP contribution >= 0.6 is 10.9 Å². The maximum absolute atomic E-state index is 11.2. The van der Waals surface area contributed by atoms with Gasteiger partial charge in [0.2, 0.25) is 24.8 Å². The van der Waals surface area contributed by atoms with E-state index in [0.29, 0.717) is 101 Å². The van der Waals surface area contributed by atoms with E-state index in [1.54, 1.807) is 87.5 Å². The van der Waals surface area contributed by atoms with Crippen molar-refractivity contribution in [3.8, 4) is 34.5 Å². The van der Waals surface area contributed by atoms with Crippen molar-refractivity contribution >= 4 is 69.7 Å². The fourth-order valence-corrected chi connectivity index (χ4v) is 7.40. The van der Waals surface area contributed by atoms with Crippen molar-refractivity contribution in [3.05, 3.63) is 147 Å². The third-order valence-electron chi connectivity index (χ3n) is 8.22. The molecule has 0 fully saturated rings. The second-order valence-corrected chi connectivity index (χ2v) is 23.8. The minimum Gasteiger partial charge on any atom is -0.835 e. The molecule has 0 saturated heterocycles. The molecule has 68 heavy (non-hydrogen) atoms. The van der Waals surface area contributed by atoms with Crippen molar-refractivity contribution in [2.24, 2.45) is 0 Å². The van der Waals surface area contributed by atoms with Crippen molar-refractivity contribution < 1.29 is 77.1 Å². The smallest absolute Gasteiger partial charge is 0.209 e. The summed E-state index contributed by atoms with van der Waals surface area (Å²) in [7, 11) is 3.13. The van der Waals surface area contributed by atoms with Crippen LogP contribution in [0.5, 0.6) is 34.5 Å². The molecule has 0 aliphatic heterocycles. The molecule has 0 aliphatic carbocycles. The summed E-state index contributed by atoms with van der Waals surface area (Å²) < 4.78 is 53.4. The lowest BCUT2D eigenvalue weighted by molar-refractivity contribution is -0.379. The van der Waals surface area contributed by atoms with Gasteiger partial charge in [0.15, 0.2) is 47.8 Å². The van der Waals surface area contributed by atoms with E-state index in [0.717, 1.165) is 23.0 Å². The molecule has 0 saturated carbocycles. The summed E-state index contributed by atoms with van der Waals surface area (Å²) in [5.74, 6) is 4.63. The molecule has 22 heteroatoms. The van der Waals surface area contributed by atoms with Crippen molar-refractivity contribution in [2.75, 3.05) is 93.5 Å². The maximum atomic E-state index is 11.2. The molecule has 2 unspecified atom stereocenters. The molecule has 4 N–H and O–H groups in total. The fourth-order valence-electron chi connectivity index (χ4n) is 4.91. The quantitative estimate of drug-likeness (QED) is 0.0437. The van der Waals surface area contributed by atoms with Crippen LogP contribution in [0, 0.1) is 0 Å². The Morgan fingerprint density at radius 1 is 0.382 bits per heavy atom. The third-order valence-corrected chi connectivity index (χ3v) is 12.6. The lowest BCUT2D eigenvalue weighted by atomic mass is 10.3. The first kappa shape index (κ1) is 57.9. The van der Waals surface area contributed by atoms with E-state index in [-0.39, 0.29) is 0 Å². The summed E-state index contributed by atoms with van der Waals surface area (Å²) in [4.78, 5) is 34.2. The van der Waals surface area contributed by atoms with Gasteiger partial charge < -0.3 is 81.7 Å². The average Bonchev–Trinajstić information content (AvgIpc) is 3.36. The Balaban J connectivity index is 0.000000250. The van der Waals surface area contributed by atoms with E-state index in [4.69, 9.17) is 47.4 Å².